The van der Waals surface area contributed by atoms with Crippen molar-refractivity contribution in [1.29, 1.82) is 0 Å². The number of amides is 1. The minimum Gasteiger partial charge on any atom is -0.480 e. The number of aliphatic hydroxyl groups is 1. The number of hydrogen-bond acceptors (Lipinski definition) is 3. The summed E-state index contributed by atoms with van der Waals surface area (Å²) in [5.41, 5.74) is 0. The van der Waals surface area contributed by atoms with E-state index in [1.54, 1.807) is 0 Å². The number of nitrogens with one attached hydrogen (secondary N) is 1. The summed E-state index contributed by atoms with van der Waals surface area (Å²) in [7, 11) is 0. The second-order valence-electron chi connectivity index (χ2n) is 1.89. The molecule has 0 aliphatic rings. The fourth-order valence-corrected chi connectivity index (χ4v) is 0.452. The molecule has 0 heterocycles. The average molecular weight is 162 g/mol. The van der Waals surface area contributed by atoms with Crippen molar-refractivity contribution in [2.24, 2.45) is 0 Å². The molecule has 0 aromatic rings. The van der Waals surface area contributed by atoms with Crippen molar-refractivity contribution < 1.29 is 21.2 Å². The maximum atomic E-state index is 10.7. The van der Waals surface area contributed by atoms with Crippen LogP contribution in [0.5, 0.6) is 0 Å². The first-order chi connectivity index (χ1) is 5.61. The summed E-state index contributed by atoms with van der Waals surface area (Å²) in [6.45, 7) is -0.733. The Balaban J connectivity index is 3.85. The number of hydrogen-bond donors (Lipinski definition) is 3. The molecule has 0 bridgehead atoms. The molecule has 3 N–H and O–H groups in total. The Bertz CT molecular complexity index is 173. The van der Waals surface area contributed by atoms with Crippen LogP contribution in [0.25, 0.3) is 0 Å². The smallest absolute Gasteiger partial charge is 0.328 e. The van der Waals surface area contributed by atoms with Gasteiger partial charge in [0, 0.05) is 7.79 Å². The summed E-state index contributed by atoms with van der Waals surface area (Å²) < 4.78 is 6.67. The Hall–Kier alpha value is -1.10. The summed E-state index contributed by atoms with van der Waals surface area (Å²) in [6.07, 6.45) is -0.0518. The van der Waals surface area contributed by atoms with Gasteiger partial charge in [-0.1, -0.05) is 6.90 Å². The molecule has 0 unspecified atom stereocenters. The molecule has 0 radical (unpaired) electrons. The number of carbonyl (C=O) groups excluding carboxylic acids is 1. The van der Waals surface area contributed by atoms with Crippen molar-refractivity contribution in [2.75, 3.05) is 6.61 Å². The topological polar surface area (TPSA) is 86.6 Å². The molecular formula is C6H11NO4. The highest BCUT2D eigenvalue weighted by Gasteiger charge is 2.16. The summed E-state index contributed by atoms with van der Waals surface area (Å²) in [5, 5.41) is 18.9. The summed E-state index contributed by atoms with van der Waals surface area (Å²) in [6, 6.07) is -1.26. The predicted molar refractivity (Wildman–Crippen MR) is 36.9 cm³/mol. The third-order valence-corrected chi connectivity index (χ3v) is 1.04. The van der Waals surface area contributed by atoms with E-state index in [0.717, 1.165) is 0 Å². The molecule has 64 valence electrons. The van der Waals surface area contributed by atoms with Gasteiger partial charge in [-0.25, -0.2) is 4.79 Å². The third kappa shape index (κ3) is 3.57. The molecule has 11 heavy (non-hydrogen) atoms. The number of carbonyl (C=O) groups is 2. The van der Waals surface area contributed by atoms with Crippen LogP contribution in [-0.4, -0.2) is 34.7 Å². The number of carboxylic acids is 1. The van der Waals surface area contributed by atoms with Crippen molar-refractivity contribution >= 4 is 11.9 Å². The van der Waals surface area contributed by atoms with Crippen molar-refractivity contribution in [3.8, 4) is 0 Å². The highest BCUT2D eigenvalue weighted by molar-refractivity contribution is 5.83. The van der Waals surface area contributed by atoms with E-state index in [-0.39, 0.29) is 13.3 Å². The van der Waals surface area contributed by atoms with Crippen molar-refractivity contribution in [3.63, 3.8) is 0 Å². The SMILES string of the molecule is [2H]CCC(=O)N[C@@H](CO)C(=O)O. The molecule has 0 saturated heterocycles. The molecule has 1 amide bonds. The highest BCUT2D eigenvalue weighted by atomic mass is 16.4. The van der Waals surface area contributed by atoms with Crippen LogP contribution >= 0.6 is 0 Å². The van der Waals surface area contributed by atoms with Gasteiger partial charge in [-0.2, -0.15) is 0 Å². The van der Waals surface area contributed by atoms with E-state index in [1.807, 2.05) is 0 Å². The molecule has 0 saturated carbocycles. The van der Waals surface area contributed by atoms with E-state index in [0.29, 0.717) is 0 Å². The van der Waals surface area contributed by atoms with E-state index >= 15 is 0 Å². The molecule has 0 fully saturated rings. The molecule has 0 aromatic heterocycles. The van der Waals surface area contributed by atoms with Gasteiger partial charge in [-0.3, -0.25) is 4.79 Å². The number of aliphatic hydroxyl groups excluding tert-OH is 1. The summed E-state index contributed by atoms with van der Waals surface area (Å²) in [5.74, 6) is -1.82. The molecule has 0 rings (SSSR count). The molecule has 5 heteroatoms. The lowest BCUT2D eigenvalue weighted by Crippen LogP contribution is -2.42. The lowest BCUT2D eigenvalue weighted by Gasteiger charge is -2.09. The van der Waals surface area contributed by atoms with Gasteiger partial charge < -0.3 is 15.5 Å². The first kappa shape index (κ1) is 8.00. The highest BCUT2D eigenvalue weighted by Crippen LogP contribution is 1.84. The molecular weight excluding hydrogens is 150 g/mol. The Morgan fingerprint density at radius 2 is 2.36 bits per heavy atom. The zero-order valence-electron chi connectivity index (χ0n) is 6.91. The molecule has 0 aliphatic heterocycles. The maximum absolute atomic E-state index is 10.7. The minimum absolute atomic E-state index is 0.0518. The fraction of sp³-hybridized carbons (Fsp3) is 0.667. The van der Waals surface area contributed by atoms with Crippen molar-refractivity contribution in [3.05, 3.63) is 0 Å². The standard InChI is InChI=1S/C6H11NO4/c1-2-5(9)7-4(3-8)6(10)11/h4,8H,2-3H2,1H3,(H,7,9)(H,10,11)/t4-/m0/s1/i1D. The molecule has 0 aromatic carbocycles. The zero-order chi connectivity index (χ0) is 9.56. The first-order valence-electron chi connectivity index (χ1n) is 3.74. The Morgan fingerprint density at radius 3 is 2.73 bits per heavy atom. The van der Waals surface area contributed by atoms with Crippen LogP contribution in [0.3, 0.4) is 0 Å². The number of aliphatic carboxylic acids is 1. The van der Waals surface area contributed by atoms with Gasteiger partial charge in [0.2, 0.25) is 5.91 Å². The van der Waals surface area contributed by atoms with E-state index in [9.17, 15) is 9.59 Å². The van der Waals surface area contributed by atoms with Crippen molar-refractivity contribution in [2.45, 2.75) is 19.4 Å². The first-order valence-corrected chi connectivity index (χ1v) is 3.04. The van der Waals surface area contributed by atoms with Gasteiger partial charge in [0.25, 0.3) is 0 Å². The van der Waals surface area contributed by atoms with E-state index in [2.05, 4.69) is 5.32 Å². The lowest BCUT2D eigenvalue weighted by molar-refractivity contribution is -0.142. The minimum atomic E-state index is -1.28. The summed E-state index contributed by atoms with van der Waals surface area (Å²) >= 11 is 0. The normalized spacial score (nSPS) is 13.4. The molecule has 0 aliphatic carbocycles. The zero-order valence-corrected chi connectivity index (χ0v) is 5.91. The molecule has 1 atom stereocenters. The van der Waals surface area contributed by atoms with E-state index in [1.165, 1.54) is 0 Å². The van der Waals surface area contributed by atoms with E-state index < -0.39 is 24.5 Å². The number of rotatable bonds is 4. The van der Waals surface area contributed by atoms with Crippen LogP contribution in [0, 0.1) is 0 Å². The Morgan fingerprint density at radius 1 is 1.73 bits per heavy atom. The molecule has 5 nitrogen and oxygen atoms in total. The largest absolute Gasteiger partial charge is 0.480 e. The van der Waals surface area contributed by atoms with Gasteiger partial charge in [0.1, 0.15) is 6.04 Å². The predicted octanol–water partition coefficient (Wildman–Crippen LogP) is -1.04. The quantitative estimate of drug-likeness (QED) is 0.492. The van der Waals surface area contributed by atoms with Crippen molar-refractivity contribution in [1.82, 2.24) is 5.32 Å². The van der Waals surface area contributed by atoms with Crippen LogP contribution in [0.2, 0.25) is 0 Å². The average Bonchev–Trinajstić information content (AvgIpc) is 2.00. The fourth-order valence-electron chi connectivity index (χ4n) is 0.452. The number of carboxylic acid groups (broad SMARTS) is 1. The van der Waals surface area contributed by atoms with Crippen LogP contribution in [0.4, 0.5) is 0 Å². The van der Waals surface area contributed by atoms with Gasteiger partial charge in [-0.15, -0.1) is 0 Å². The van der Waals surface area contributed by atoms with Crippen LogP contribution < -0.4 is 5.32 Å². The van der Waals surface area contributed by atoms with Crippen LogP contribution in [0.1, 0.15) is 14.7 Å². The molecule has 0 spiro atoms. The van der Waals surface area contributed by atoms with E-state index in [4.69, 9.17) is 11.6 Å². The maximum Gasteiger partial charge on any atom is 0.328 e. The van der Waals surface area contributed by atoms with Gasteiger partial charge >= 0.3 is 5.97 Å². The monoisotopic (exact) mass is 162 g/mol. The third-order valence-electron chi connectivity index (χ3n) is 1.04. The van der Waals surface area contributed by atoms with Gasteiger partial charge in [0.15, 0.2) is 0 Å². The second-order valence-corrected chi connectivity index (χ2v) is 1.89. The lowest BCUT2D eigenvalue weighted by atomic mass is 10.3. The van der Waals surface area contributed by atoms with Gasteiger partial charge in [0.05, 0.1) is 6.61 Å². The summed E-state index contributed by atoms with van der Waals surface area (Å²) in [4.78, 5) is 21.0. The van der Waals surface area contributed by atoms with Crippen LogP contribution in [-0.2, 0) is 9.59 Å². The van der Waals surface area contributed by atoms with Crippen LogP contribution in [0.15, 0.2) is 0 Å². The Kier molecular flexibility index (Phi) is 3.40. The Labute approximate surface area is 65.4 Å². The van der Waals surface area contributed by atoms with Gasteiger partial charge in [-0.05, 0) is 0 Å². The second kappa shape index (κ2) is 4.68.